The Bertz CT molecular complexity index is 736. The van der Waals surface area contributed by atoms with Crippen LogP contribution in [0.5, 0.6) is 0 Å². The number of hydrogen-bond acceptors (Lipinski definition) is 4. The number of nitrogens with two attached hydrogens (primary N) is 1. The lowest BCUT2D eigenvalue weighted by Crippen LogP contribution is -2.20. The molecule has 1 aliphatic rings. The van der Waals surface area contributed by atoms with Gasteiger partial charge in [-0.05, 0) is 29.3 Å². The lowest BCUT2D eigenvalue weighted by Gasteiger charge is -2.10. The summed E-state index contributed by atoms with van der Waals surface area (Å²) >= 11 is 1.14. The number of fused-ring (bicyclic) bond motifs is 1. The van der Waals surface area contributed by atoms with Gasteiger partial charge in [-0.3, -0.25) is 4.79 Å². The van der Waals surface area contributed by atoms with Crippen molar-refractivity contribution in [1.82, 2.24) is 0 Å². The average molecular weight is 288 g/mol. The second kappa shape index (κ2) is 4.35. The number of aromatic carboxylic acids is 1. The molecular formula is C14H12N2O3S. The van der Waals surface area contributed by atoms with E-state index in [0.717, 1.165) is 33.0 Å². The number of amides is 1. The van der Waals surface area contributed by atoms with Crippen LogP contribution in [0.3, 0.4) is 0 Å². The molecule has 3 rings (SSSR count). The van der Waals surface area contributed by atoms with Crippen LogP contribution in [0.25, 0.3) is 10.4 Å². The zero-order valence-electron chi connectivity index (χ0n) is 10.7. The highest BCUT2D eigenvalue weighted by Crippen LogP contribution is 2.37. The second-order valence-electron chi connectivity index (χ2n) is 4.67. The maximum Gasteiger partial charge on any atom is 0.348 e. The lowest BCUT2D eigenvalue weighted by atomic mass is 10.1. The third-order valence-corrected chi connectivity index (χ3v) is 4.58. The van der Waals surface area contributed by atoms with E-state index in [1.807, 2.05) is 18.2 Å². The number of carbonyl (C=O) groups is 2. The van der Waals surface area contributed by atoms with Crippen LogP contribution in [-0.4, -0.2) is 24.0 Å². The number of rotatable bonds is 2. The van der Waals surface area contributed by atoms with Gasteiger partial charge in [0.2, 0.25) is 5.91 Å². The molecule has 0 bridgehead atoms. The summed E-state index contributed by atoms with van der Waals surface area (Å²) in [5.74, 6) is -0.955. The molecule has 1 aliphatic heterocycles. The SMILES string of the molecule is CN1C(=O)Cc2cc(-c3cc(N)c(C(=O)O)s3)ccc21. The van der Waals surface area contributed by atoms with Crippen LogP contribution in [0.4, 0.5) is 11.4 Å². The van der Waals surface area contributed by atoms with E-state index in [1.165, 1.54) is 0 Å². The molecule has 0 fully saturated rings. The summed E-state index contributed by atoms with van der Waals surface area (Å²) < 4.78 is 0. The van der Waals surface area contributed by atoms with Gasteiger partial charge < -0.3 is 15.7 Å². The molecule has 2 heterocycles. The summed E-state index contributed by atoms with van der Waals surface area (Å²) in [6, 6.07) is 7.35. The highest BCUT2D eigenvalue weighted by Gasteiger charge is 2.24. The third kappa shape index (κ3) is 1.85. The van der Waals surface area contributed by atoms with Gasteiger partial charge in [0, 0.05) is 17.6 Å². The number of carboxylic acids is 1. The van der Waals surface area contributed by atoms with Gasteiger partial charge in [0.25, 0.3) is 0 Å². The van der Waals surface area contributed by atoms with Crippen molar-refractivity contribution in [3.63, 3.8) is 0 Å². The fourth-order valence-electron chi connectivity index (χ4n) is 2.34. The van der Waals surface area contributed by atoms with Crippen LogP contribution < -0.4 is 10.6 Å². The van der Waals surface area contributed by atoms with Crippen molar-refractivity contribution >= 4 is 34.6 Å². The number of benzene rings is 1. The Kier molecular flexibility index (Phi) is 2.76. The third-order valence-electron chi connectivity index (χ3n) is 3.40. The Morgan fingerprint density at radius 1 is 1.40 bits per heavy atom. The molecule has 0 radical (unpaired) electrons. The van der Waals surface area contributed by atoms with Crippen LogP contribution in [0.2, 0.25) is 0 Å². The summed E-state index contributed by atoms with van der Waals surface area (Å²) in [5, 5.41) is 9.03. The number of hydrogen-bond donors (Lipinski definition) is 2. The molecule has 2 aromatic rings. The minimum absolute atomic E-state index is 0.0640. The standard InChI is InChI=1S/C14H12N2O3S/c1-16-10-3-2-7(4-8(10)5-12(16)17)11-6-9(15)13(20-11)14(18)19/h2-4,6H,5,15H2,1H3,(H,18,19). The maximum absolute atomic E-state index is 11.7. The summed E-state index contributed by atoms with van der Waals surface area (Å²) in [5.41, 5.74) is 8.72. The van der Waals surface area contributed by atoms with E-state index in [-0.39, 0.29) is 16.5 Å². The number of anilines is 2. The van der Waals surface area contributed by atoms with E-state index in [9.17, 15) is 9.59 Å². The van der Waals surface area contributed by atoms with E-state index in [2.05, 4.69) is 0 Å². The number of likely N-dealkylation sites (N-methyl/N-ethyl adjacent to an activating group) is 1. The maximum atomic E-state index is 11.7. The van der Waals surface area contributed by atoms with Crippen molar-refractivity contribution in [3.8, 4) is 10.4 Å². The Hall–Kier alpha value is -2.34. The molecule has 5 nitrogen and oxygen atoms in total. The lowest BCUT2D eigenvalue weighted by molar-refractivity contribution is -0.117. The van der Waals surface area contributed by atoms with E-state index < -0.39 is 5.97 Å². The molecule has 6 heteroatoms. The Morgan fingerprint density at radius 3 is 2.80 bits per heavy atom. The number of carbonyl (C=O) groups excluding carboxylic acids is 1. The number of thiophene rings is 1. The van der Waals surface area contributed by atoms with Gasteiger partial charge in [0.1, 0.15) is 4.88 Å². The Labute approximate surface area is 119 Å². The smallest absolute Gasteiger partial charge is 0.348 e. The molecule has 102 valence electrons. The first-order valence-corrected chi connectivity index (χ1v) is 6.81. The molecule has 3 N–H and O–H groups in total. The highest BCUT2D eigenvalue weighted by atomic mass is 32.1. The minimum Gasteiger partial charge on any atom is -0.477 e. The molecule has 0 saturated heterocycles. The van der Waals surface area contributed by atoms with Gasteiger partial charge in [-0.1, -0.05) is 6.07 Å². The van der Waals surface area contributed by atoms with Gasteiger partial charge in [-0.15, -0.1) is 11.3 Å². The van der Waals surface area contributed by atoms with Crippen molar-refractivity contribution in [3.05, 3.63) is 34.7 Å². The summed E-state index contributed by atoms with van der Waals surface area (Å²) in [4.78, 5) is 25.2. The fourth-order valence-corrected chi connectivity index (χ4v) is 3.25. The monoisotopic (exact) mass is 288 g/mol. The van der Waals surface area contributed by atoms with Gasteiger partial charge >= 0.3 is 5.97 Å². The summed E-state index contributed by atoms with van der Waals surface area (Å²) in [7, 11) is 1.75. The first kappa shape index (κ1) is 12.7. The predicted octanol–water partition coefficient (Wildman–Crippen LogP) is 2.21. The van der Waals surface area contributed by atoms with Crippen LogP contribution in [-0.2, 0) is 11.2 Å². The van der Waals surface area contributed by atoms with Crippen LogP contribution in [0.1, 0.15) is 15.2 Å². The summed E-state index contributed by atoms with van der Waals surface area (Å²) in [6.45, 7) is 0. The van der Waals surface area contributed by atoms with Crippen LogP contribution in [0.15, 0.2) is 24.3 Å². The van der Waals surface area contributed by atoms with Gasteiger partial charge in [-0.2, -0.15) is 0 Å². The van der Waals surface area contributed by atoms with E-state index in [1.54, 1.807) is 18.0 Å². The van der Waals surface area contributed by atoms with E-state index in [4.69, 9.17) is 10.8 Å². The van der Waals surface area contributed by atoms with E-state index >= 15 is 0 Å². The molecule has 1 aromatic heterocycles. The van der Waals surface area contributed by atoms with Gasteiger partial charge in [0.15, 0.2) is 0 Å². The zero-order chi connectivity index (χ0) is 14.4. The van der Waals surface area contributed by atoms with Gasteiger partial charge in [-0.25, -0.2) is 4.79 Å². The number of nitrogens with zero attached hydrogens (tertiary/aromatic N) is 1. The largest absolute Gasteiger partial charge is 0.477 e. The average Bonchev–Trinajstić information content (AvgIpc) is 2.91. The van der Waals surface area contributed by atoms with Gasteiger partial charge in [0.05, 0.1) is 12.1 Å². The normalized spacial score (nSPS) is 13.7. The van der Waals surface area contributed by atoms with Crippen molar-refractivity contribution in [1.29, 1.82) is 0 Å². The van der Waals surface area contributed by atoms with Crippen molar-refractivity contribution in [2.75, 3.05) is 17.7 Å². The molecule has 20 heavy (non-hydrogen) atoms. The molecule has 0 aliphatic carbocycles. The molecule has 0 spiro atoms. The highest BCUT2D eigenvalue weighted by molar-refractivity contribution is 7.17. The molecule has 0 unspecified atom stereocenters. The zero-order valence-corrected chi connectivity index (χ0v) is 11.5. The quantitative estimate of drug-likeness (QED) is 0.887. The fraction of sp³-hybridized carbons (Fsp3) is 0.143. The summed E-state index contributed by atoms with van der Waals surface area (Å²) in [6.07, 6.45) is 0.381. The number of nitrogen functional groups attached to an aromatic ring is 1. The molecule has 1 amide bonds. The first-order valence-electron chi connectivity index (χ1n) is 6.00. The molecule has 0 saturated carbocycles. The Balaban J connectivity index is 2.05. The van der Waals surface area contributed by atoms with Crippen LogP contribution >= 0.6 is 11.3 Å². The topological polar surface area (TPSA) is 83.6 Å². The predicted molar refractivity (Wildman–Crippen MR) is 78.2 cm³/mol. The minimum atomic E-state index is -1.02. The second-order valence-corrected chi connectivity index (χ2v) is 5.73. The van der Waals surface area contributed by atoms with Crippen molar-refractivity contribution < 1.29 is 14.7 Å². The Morgan fingerprint density at radius 2 is 2.15 bits per heavy atom. The molecule has 0 atom stereocenters. The van der Waals surface area contributed by atoms with Crippen molar-refractivity contribution in [2.45, 2.75) is 6.42 Å². The van der Waals surface area contributed by atoms with E-state index in [0.29, 0.717) is 6.42 Å². The first-order chi connectivity index (χ1) is 9.47. The number of carboxylic acid groups (broad SMARTS) is 1. The molecule has 1 aromatic carbocycles. The van der Waals surface area contributed by atoms with Crippen molar-refractivity contribution in [2.24, 2.45) is 0 Å². The molecular weight excluding hydrogens is 276 g/mol. The van der Waals surface area contributed by atoms with Crippen LogP contribution in [0, 0.1) is 0 Å².